The van der Waals surface area contributed by atoms with E-state index in [2.05, 4.69) is 24.3 Å². The topological polar surface area (TPSA) is 27.7 Å². The van der Waals surface area contributed by atoms with E-state index in [1.807, 2.05) is 30.3 Å². The van der Waals surface area contributed by atoms with Gasteiger partial charge in [0, 0.05) is 7.11 Å². The van der Waals surface area contributed by atoms with E-state index in [0.29, 0.717) is 20.0 Å². The molecular formula is C17H20O3. The largest absolute Gasteiger partial charge is 0.489 e. The molecule has 0 aliphatic rings. The van der Waals surface area contributed by atoms with E-state index in [-0.39, 0.29) is 0 Å². The van der Waals surface area contributed by atoms with Crippen molar-refractivity contribution in [1.82, 2.24) is 0 Å². The molecule has 0 fully saturated rings. The molecule has 0 aliphatic carbocycles. The highest BCUT2D eigenvalue weighted by Gasteiger charge is 1.98. The molecule has 0 spiro atoms. The van der Waals surface area contributed by atoms with Gasteiger partial charge in [-0.3, -0.25) is 0 Å². The van der Waals surface area contributed by atoms with Crippen LogP contribution >= 0.6 is 0 Å². The van der Waals surface area contributed by atoms with Gasteiger partial charge < -0.3 is 14.2 Å². The monoisotopic (exact) mass is 272 g/mol. The van der Waals surface area contributed by atoms with Crippen molar-refractivity contribution >= 4 is 0 Å². The lowest BCUT2D eigenvalue weighted by molar-refractivity contribution is -0.0291. The molecule has 2 aromatic rings. The maximum atomic E-state index is 5.79. The van der Waals surface area contributed by atoms with Crippen molar-refractivity contribution in [3.8, 4) is 5.75 Å². The molecule has 0 saturated heterocycles. The number of ether oxygens (including phenoxy) is 3. The first-order valence-electron chi connectivity index (χ1n) is 6.71. The highest BCUT2D eigenvalue weighted by Crippen LogP contribution is 2.15. The molecule has 20 heavy (non-hydrogen) atoms. The lowest BCUT2D eigenvalue weighted by atomic mass is 10.1. The Morgan fingerprint density at radius 2 is 1.70 bits per heavy atom. The van der Waals surface area contributed by atoms with E-state index in [1.165, 1.54) is 11.1 Å². The van der Waals surface area contributed by atoms with E-state index in [9.17, 15) is 0 Å². The van der Waals surface area contributed by atoms with Gasteiger partial charge in [0.2, 0.25) is 0 Å². The summed E-state index contributed by atoms with van der Waals surface area (Å²) in [7, 11) is 1.62. The first-order valence-corrected chi connectivity index (χ1v) is 6.71. The Morgan fingerprint density at radius 1 is 0.900 bits per heavy atom. The summed E-state index contributed by atoms with van der Waals surface area (Å²) in [5.41, 5.74) is 2.37. The molecule has 3 heteroatoms. The minimum atomic E-state index is 0.337. The summed E-state index contributed by atoms with van der Waals surface area (Å²) in [5, 5.41) is 0. The molecule has 0 bridgehead atoms. The summed E-state index contributed by atoms with van der Waals surface area (Å²) in [4.78, 5) is 0. The Bertz CT molecular complexity index is 497. The van der Waals surface area contributed by atoms with Gasteiger partial charge >= 0.3 is 0 Å². The highest BCUT2D eigenvalue weighted by atomic mass is 16.7. The van der Waals surface area contributed by atoms with Crippen LogP contribution in [0.2, 0.25) is 0 Å². The predicted octanol–water partition coefficient (Wildman–Crippen LogP) is 3.43. The van der Waals surface area contributed by atoms with Gasteiger partial charge in [0.15, 0.2) is 0 Å². The second-order valence-corrected chi connectivity index (χ2v) is 4.49. The Labute approximate surface area is 120 Å². The number of hydrogen-bond donors (Lipinski definition) is 0. The first-order chi connectivity index (χ1) is 9.88. The van der Waals surface area contributed by atoms with E-state index < -0.39 is 0 Å². The molecule has 2 aromatic carbocycles. The maximum absolute atomic E-state index is 5.79. The van der Waals surface area contributed by atoms with Gasteiger partial charge in [-0.2, -0.15) is 0 Å². The molecule has 0 amide bonds. The number of rotatable bonds is 8. The molecule has 0 radical (unpaired) electrons. The molecule has 0 unspecified atom stereocenters. The summed E-state index contributed by atoms with van der Waals surface area (Å²) < 4.78 is 15.9. The molecule has 0 N–H and O–H groups in total. The minimum Gasteiger partial charge on any atom is -0.489 e. The number of methoxy groups -OCH3 is 1. The first kappa shape index (κ1) is 14.6. The molecule has 106 valence electrons. The molecular weight excluding hydrogens is 252 g/mol. The van der Waals surface area contributed by atoms with Crippen LogP contribution in [-0.4, -0.2) is 20.5 Å². The van der Waals surface area contributed by atoms with E-state index >= 15 is 0 Å². The van der Waals surface area contributed by atoms with Crippen molar-refractivity contribution in [1.29, 1.82) is 0 Å². The van der Waals surface area contributed by atoms with Gasteiger partial charge in [-0.15, -0.1) is 0 Å². The fourth-order valence-electron chi connectivity index (χ4n) is 1.86. The fourth-order valence-corrected chi connectivity index (χ4v) is 1.86. The molecule has 2 rings (SSSR count). The molecule has 0 heterocycles. The van der Waals surface area contributed by atoms with Gasteiger partial charge in [0.1, 0.15) is 19.1 Å². The van der Waals surface area contributed by atoms with Crippen LogP contribution in [0.1, 0.15) is 11.1 Å². The van der Waals surface area contributed by atoms with Crippen LogP contribution in [0.15, 0.2) is 54.6 Å². The summed E-state index contributed by atoms with van der Waals surface area (Å²) in [5.74, 6) is 0.887. The summed E-state index contributed by atoms with van der Waals surface area (Å²) in [6.45, 7) is 1.57. The minimum absolute atomic E-state index is 0.337. The van der Waals surface area contributed by atoms with Crippen LogP contribution in [0, 0.1) is 0 Å². The fraction of sp³-hybridized carbons (Fsp3) is 0.294. The average Bonchev–Trinajstić information content (AvgIpc) is 2.51. The van der Waals surface area contributed by atoms with Crippen molar-refractivity contribution in [3.05, 3.63) is 65.7 Å². The van der Waals surface area contributed by atoms with Crippen molar-refractivity contribution < 1.29 is 14.2 Å². The SMILES string of the molecule is COCOCCc1cccc(OCc2ccccc2)c1. The van der Waals surface area contributed by atoms with Gasteiger partial charge in [-0.25, -0.2) is 0 Å². The Balaban J connectivity index is 1.83. The molecule has 0 aromatic heterocycles. The molecule has 0 atom stereocenters. The van der Waals surface area contributed by atoms with Crippen molar-refractivity contribution in [2.24, 2.45) is 0 Å². The van der Waals surface area contributed by atoms with Crippen LogP contribution in [0.25, 0.3) is 0 Å². The zero-order valence-electron chi connectivity index (χ0n) is 11.7. The summed E-state index contributed by atoms with van der Waals surface area (Å²) in [6.07, 6.45) is 0.853. The van der Waals surface area contributed by atoms with E-state index in [4.69, 9.17) is 14.2 Å². The summed E-state index contributed by atoms with van der Waals surface area (Å²) in [6, 6.07) is 18.3. The quantitative estimate of drug-likeness (QED) is 0.544. The lowest BCUT2D eigenvalue weighted by Gasteiger charge is -2.08. The van der Waals surface area contributed by atoms with Crippen LogP contribution in [0.5, 0.6) is 5.75 Å². The lowest BCUT2D eigenvalue weighted by Crippen LogP contribution is -2.02. The standard InChI is InChI=1S/C17H20O3/c1-18-14-19-11-10-15-8-5-9-17(12-15)20-13-16-6-3-2-4-7-16/h2-9,12H,10-11,13-14H2,1H3. The maximum Gasteiger partial charge on any atom is 0.146 e. The zero-order valence-corrected chi connectivity index (χ0v) is 11.7. The predicted molar refractivity (Wildman–Crippen MR) is 78.7 cm³/mol. The Hall–Kier alpha value is -1.84. The van der Waals surface area contributed by atoms with Gasteiger partial charge in [0.05, 0.1) is 6.61 Å². The highest BCUT2D eigenvalue weighted by molar-refractivity contribution is 5.29. The third-order valence-corrected chi connectivity index (χ3v) is 2.88. The van der Waals surface area contributed by atoms with Gasteiger partial charge in [0.25, 0.3) is 0 Å². The normalized spacial score (nSPS) is 10.4. The third-order valence-electron chi connectivity index (χ3n) is 2.88. The van der Waals surface area contributed by atoms with Gasteiger partial charge in [-0.05, 0) is 29.7 Å². The molecule has 3 nitrogen and oxygen atoms in total. The Kier molecular flexibility index (Phi) is 6.08. The Morgan fingerprint density at radius 3 is 2.50 bits per heavy atom. The van der Waals surface area contributed by atoms with Crippen molar-refractivity contribution in [2.75, 3.05) is 20.5 Å². The number of hydrogen-bond acceptors (Lipinski definition) is 3. The van der Waals surface area contributed by atoms with Gasteiger partial charge in [-0.1, -0.05) is 42.5 Å². The van der Waals surface area contributed by atoms with Crippen molar-refractivity contribution in [3.63, 3.8) is 0 Å². The van der Waals surface area contributed by atoms with Crippen molar-refractivity contribution in [2.45, 2.75) is 13.0 Å². The number of benzene rings is 2. The molecule has 0 aliphatic heterocycles. The van der Waals surface area contributed by atoms with Crippen LogP contribution < -0.4 is 4.74 Å². The molecule has 0 saturated carbocycles. The second-order valence-electron chi connectivity index (χ2n) is 4.49. The van der Waals surface area contributed by atoms with E-state index in [1.54, 1.807) is 7.11 Å². The average molecular weight is 272 g/mol. The second kappa shape index (κ2) is 8.35. The van der Waals surface area contributed by atoms with Crippen LogP contribution in [0.3, 0.4) is 0 Å². The zero-order chi connectivity index (χ0) is 14.0. The third kappa shape index (κ3) is 5.03. The van der Waals surface area contributed by atoms with E-state index in [0.717, 1.165) is 12.2 Å². The summed E-state index contributed by atoms with van der Waals surface area (Å²) >= 11 is 0. The van der Waals surface area contributed by atoms with Crippen LogP contribution in [0.4, 0.5) is 0 Å². The smallest absolute Gasteiger partial charge is 0.146 e. The van der Waals surface area contributed by atoms with Crippen LogP contribution in [-0.2, 0) is 22.5 Å².